The number of rotatable bonds is 6. The van der Waals surface area contributed by atoms with Crippen molar-refractivity contribution in [2.24, 2.45) is 5.73 Å². The highest BCUT2D eigenvalue weighted by molar-refractivity contribution is 5.77. The Kier molecular flexibility index (Phi) is 5.21. The fraction of sp³-hybridized carbons (Fsp3) is 0.533. The number of carbonyl (C=O) groups excluding carboxylic acids is 1. The summed E-state index contributed by atoms with van der Waals surface area (Å²) in [6.07, 6.45) is 5.73. The SMILES string of the molecule is NCC(=O)NCCCOc1ccc2c(c1)CCCC2. The molecule has 4 heteroatoms. The number of carbonyl (C=O) groups is 1. The van der Waals surface area contributed by atoms with Crippen molar-refractivity contribution in [1.29, 1.82) is 0 Å². The lowest BCUT2D eigenvalue weighted by Crippen LogP contribution is -2.31. The summed E-state index contributed by atoms with van der Waals surface area (Å²) < 4.78 is 5.70. The van der Waals surface area contributed by atoms with E-state index in [1.165, 1.54) is 36.8 Å². The molecule has 0 saturated carbocycles. The van der Waals surface area contributed by atoms with E-state index in [4.69, 9.17) is 10.5 Å². The Morgan fingerprint density at radius 2 is 2.05 bits per heavy atom. The average Bonchev–Trinajstić information content (AvgIpc) is 2.46. The van der Waals surface area contributed by atoms with Crippen molar-refractivity contribution in [2.45, 2.75) is 32.1 Å². The van der Waals surface area contributed by atoms with Gasteiger partial charge in [-0.25, -0.2) is 0 Å². The fourth-order valence-electron chi connectivity index (χ4n) is 2.36. The molecule has 0 radical (unpaired) electrons. The topological polar surface area (TPSA) is 64.4 Å². The van der Waals surface area contributed by atoms with Gasteiger partial charge in [0.1, 0.15) is 5.75 Å². The zero-order chi connectivity index (χ0) is 13.5. The van der Waals surface area contributed by atoms with Crippen LogP contribution in [0.2, 0.25) is 0 Å². The van der Waals surface area contributed by atoms with Crippen LogP contribution in [-0.2, 0) is 17.6 Å². The second-order valence-electron chi connectivity index (χ2n) is 4.89. The molecule has 0 aromatic heterocycles. The minimum absolute atomic E-state index is 0.0473. The Bertz CT molecular complexity index is 432. The molecule has 0 heterocycles. The van der Waals surface area contributed by atoms with Crippen molar-refractivity contribution >= 4 is 5.91 Å². The zero-order valence-electron chi connectivity index (χ0n) is 11.3. The Morgan fingerprint density at radius 1 is 1.26 bits per heavy atom. The largest absolute Gasteiger partial charge is 0.494 e. The van der Waals surface area contributed by atoms with Gasteiger partial charge in [-0.2, -0.15) is 0 Å². The van der Waals surface area contributed by atoms with E-state index in [1.54, 1.807) is 0 Å². The lowest BCUT2D eigenvalue weighted by Gasteiger charge is -2.16. The summed E-state index contributed by atoms with van der Waals surface area (Å²) in [5.74, 6) is 0.819. The van der Waals surface area contributed by atoms with Crippen LogP contribution >= 0.6 is 0 Å². The van der Waals surface area contributed by atoms with Gasteiger partial charge in [0, 0.05) is 6.54 Å². The van der Waals surface area contributed by atoms with E-state index >= 15 is 0 Å². The number of nitrogens with two attached hydrogens (primary N) is 1. The third-order valence-electron chi connectivity index (χ3n) is 3.42. The van der Waals surface area contributed by atoms with Gasteiger partial charge >= 0.3 is 0 Å². The second kappa shape index (κ2) is 7.14. The van der Waals surface area contributed by atoms with Crippen LogP contribution in [0.1, 0.15) is 30.4 Å². The number of hydrogen-bond acceptors (Lipinski definition) is 3. The molecular formula is C15H22N2O2. The normalized spacial score (nSPS) is 13.7. The number of fused-ring (bicyclic) bond motifs is 1. The Balaban J connectivity index is 1.72. The van der Waals surface area contributed by atoms with Gasteiger partial charge in [-0.1, -0.05) is 6.07 Å². The van der Waals surface area contributed by atoms with Gasteiger partial charge in [-0.15, -0.1) is 0 Å². The van der Waals surface area contributed by atoms with Crippen LogP contribution in [0.25, 0.3) is 0 Å². The first-order chi connectivity index (χ1) is 9.29. The highest BCUT2D eigenvalue weighted by atomic mass is 16.5. The Morgan fingerprint density at radius 3 is 2.84 bits per heavy atom. The first-order valence-electron chi connectivity index (χ1n) is 7.01. The van der Waals surface area contributed by atoms with Crippen LogP contribution < -0.4 is 15.8 Å². The maximum atomic E-state index is 10.9. The maximum Gasteiger partial charge on any atom is 0.233 e. The summed E-state index contributed by atoms with van der Waals surface area (Å²) in [7, 11) is 0. The molecule has 0 spiro atoms. The third-order valence-corrected chi connectivity index (χ3v) is 3.42. The third kappa shape index (κ3) is 4.24. The van der Waals surface area contributed by atoms with Gasteiger partial charge in [0.25, 0.3) is 0 Å². The summed E-state index contributed by atoms with van der Waals surface area (Å²) in [5, 5.41) is 2.72. The van der Waals surface area contributed by atoms with E-state index in [1.807, 2.05) is 6.07 Å². The van der Waals surface area contributed by atoms with Crippen molar-refractivity contribution in [3.05, 3.63) is 29.3 Å². The van der Waals surface area contributed by atoms with Gasteiger partial charge in [0.15, 0.2) is 0 Å². The van der Waals surface area contributed by atoms with Crippen molar-refractivity contribution in [2.75, 3.05) is 19.7 Å². The minimum Gasteiger partial charge on any atom is -0.494 e. The van der Waals surface area contributed by atoms with E-state index in [0.717, 1.165) is 12.2 Å². The molecule has 3 N–H and O–H groups in total. The second-order valence-corrected chi connectivity index (χ2v) is 4.89. The van der Waals surface area contributed by atoms with Crippen LogP contribution in [-0.4, -0.2) is 25.6 Å². The van der Waals surface area contributed by atoms with Crippen LogP contribution in [0.3, 0.4) is 0 Å². The van der Waals surface area contributed by atoms with Crippen LogP contribution in [0.5, 0.6) is 5.75 Å². The fourth-order valence-corrected chi connectivity index (χ4v) is 2.36. The lowest BCUT2D eigenvalue weighted by atomic mass is 9.92. The van der Waals surface area contributed by atoms with Gasteiger partial charge in [0.05, 0.1) is 13.2 Å². The minimum atomic E-state index is -0.117. The Hall–Kier alpha value is -1.55. The van der Waals surface area contributed by atoms with Gasteiger partial charge in [-0.05, 0) is 55.4 Å². The molecule has 0 saturated heterocycles. The monoisotopic (exact) mass is 262 g/mol. The standard InChI is InChI=1S/C15H22N2O2/c16-11-15(18)17-8-3-9-19-14-7-6-12-4-1-2-5-13(12)10-14/h6-7,10H,1-5,8-9,11,16H2,(H,17,18). The summed E-state index contributed by atoms with van der Waals surface area (Å²) in [4.78, 5) is 10.9. The van der Waals surface area contributed by atoms with Gasteiger partial charge in [0.2, 0.25) is 5.91 Å². The van der Waals surface area contributed by atoms with E-state index in [-0.39, 0.29) is 12.5 Å². The van der Waals surface area contributed by atoms with Crippen LogP contribution in [0.4, 0.5) is 0 Å². The summed E-state index contributed by atoms with van der Waals surface area (Å²) in [6, 6.07) is 6.38. The molecule has 0 aliphatic heterocycles. The number of hydrogen-bond donors (Lipinski definition) is 2. The molecule has 0 atom stereocenters. The zero-order valence-corrected chi connectivity index (χ0v) is 11.3. The van der Waals surface area contributed by atoms with Crippen molar-refractivity contribution in [3.63, 3.8) is 0 Å². The van der Waals surface area contributed by atoms with E-state index in [0.29, 0.717) is 13.2 Å². The number of ether oxygens (including phenoxy) is 1. The molecule has 1 aromatic carbocycles. The number of amides is 1. The highest BCUT2D eigenvalue weighted by Crippen LogP contribution is 2.25. The van der Waals surface area contributed by atoms with Crippen molar-refractivity contribution in [1.82, 2.24) is 5.32 Å². The first kappa shape index (κ1) is 13.9. The van der Waals surface area contributed by atoms with Crippen molar-refractivity contribution < 1.29 is 9.53 Å². The summed E-state index contributed by atoms with van der Waals surface area (Å²) in [6.45, 7) is 1.27. The Labute approximate surface area is 114 Å². The summed E-state index contributed by atoms with van der Waals surface area (Å²) in [5.41, 5.74) is 8.10. The molecule has 1 aliphatic rings. The molecule has 0 fully saturated rings. The van der Waals surface area contributed by atoms with Crippen LogP contribution in [0, 0.1) is 0 Å². The molecule has 19 heavy (non-hydrogen) atoms. The molecule has 4 nitrogen and oxygen atoms in total. The van der Waals surface area contributed by atoms with E-state index in [9.17, 15) is 4.79 Å². The molecule has 1 aliphatic carbocycles. The smallest absolute Gasteiger partial charge is 0.233 e. The maximum absolute atomic E-state index is 10.9. The van der Waals surface area contributed by atoms with Gasteiger partial charge < -0.3 is 15.8 Å². The number of aryl methyl sites for hydroxylation is 2. The van der Waals surface area contributed by atoms with E-state index in [2.05, 4.69) is 17.4 Å². The average molecular weight is 262 g/mol. The summed E-state index contributed by atoms with van der Waals surface area (Å²) >= 11 is 0. The molecule has 2 rings (SSSR count). The first-order valence-corrected chi connectivity index (χ1v) is 7.01. The molecule has 1 amide bonds. The van der Waals surface area contributed by atoms with E-state index < -0.39 is 0 Å². The van der Waals surface area contributed by atoms with Crippen molar-refractivity contribution in [3.8, 4) is 5.75 Å². The lowest BCUT2D eigenvalue weighted by molar-refractivity contribution is -0.119. The highest BCUT2D eigenvalue weighted by Gasteiger charge is 2.09. The van der Waals surface area contributed by atoms with Gasteiger partial charge in [-0.3, -0.25) is 4.79 Å². The molecule has 0 unspecified atom stereocenters. The predicted octanol–water partition coefficient (Wildman–Crippen LogP) is 1.41. The number of benzene rings is 1. The van der Waals surface area contributed by atoms with Crippen LogP contribution in [0.15, 0.2) is 18.2 Å². The molecule has 1 aromatic rings. The predicted molar refractivity (Wildman–Crippen MR) is 75.3 cm³/mol. The molecular weight excluding hydrogens is 240 g/mol. The molecule has 104 valence electrons. The molecule has 0 bridgehead atoms. The number of nitrogens with one attached hydrogen (secondary N) is 1. The quantitative estimate of drug-likeness (QED) is 0.762.